The molecule has 0 radical (unpaired) electrons. The molecule has 0 aromatic rings. The van der Waals surface area contributed by atoms with Crippen molar-refractivity contribution in [2.45, 2.75) is 46.0 Å². The van der Waals surface area contributed by atoms with Crippen molar-refractivity contribution in [1.82, 2.24) is 0 Å². The van der Waals surface area contributed by atoms with Crippen molar-refractivity contribution in [1.29, 1.82) is 0 Å². The first-order valence-electron chi connectivity index (χ1n) is 4.86. The van der Waals surface area contributed by atoms with Crippen LogP contribution in [0.25, 0.3) is 0 Å². The van der Waals surface area contributed by atoms with Gasteiger partial charge >= 0.3 is 0 Å². The first-order chi connectivity index (χ1) is 5.24. The van der Waals surface area contributed by atoms with E-state index in [4.69, 9.17) is 0 Å². The normalized spacial score (nSPS) is 37.6. The summed E-state index contributed by atoms with van der Waals surface area (Å²) < 4.78 is 0. The Morgan fingerprint density at radius 3 is 1.55 bits per heavy atom. The topological polar surface area (TPSA) is 0 Å². The molecule has 0 unspecified atom stereocenters. The fourth-order valence-electron chi connectivity index (χ4n) is 3.09. The Morgan fingerprint density at radius 1 is 0.818 bits per heavy atom. The summed E-state index contributed by atoms with van der Waals surface area (Å²) in [5.74, 6) is 5.59. The number of rotatable bonds is 0. The molecule has 2 rings (SSSR count). The number of hydrogen-bond donors (Lipinski definition) is 0. The smallest absolute Gasteiger partial charge is 0.0312 e. The zero-order valence-electron chi connectivity index (χ0n) is 7.69. The molecular formula is C11H18+2. The third-order valence-corrected chi connectivity index (χ3v) is 3.22. The second kappa shape index (κ2) is 2.66. The molecular weight excluding hydrogens is 132 g/mol. The molecule has 0 aromatic carbocycles. The minimum absolute atomic E-state index is 1.03. The van der Waals surface area contributed by atoms with Gasteiger partial charge in [0.25, 0.3) is 0 Å². The van der Waals surface area contributed by atoms with Crippen LogP contribution in [0.1, 0.15) is 46.0 Å². The molecule has 2 aliphatic rings. The molecule has 11 heavy (non-hydrogen) atoms. The summed E-state index contributed by atoms with van der Waals surface area (Å²) in [7, 11) is 0. The maximum Gasteiger partial charge on any atom is 0.0966 e. The summed E-state index contributed by atoms with van der Waals surface area (Å²) >= 11 is 0. The van der Waals surface area contributed by atoms with E-state index in [0.29, 0.717) is 0 Å². The van der Waals surface area contributed by atoms with Crippen LogP contribution in [0.2, 0.25) is 0 Å². The lowest BCUT2D eigenvalue weighted by atomic mass is 9.65. The van der Waals surface area contributed by atoms with Gasteiger partial charge in [-0.3, -0.25) is 0 Å². The molecule has 0 aliphatic heterocycles. The summed E-state index contributed by atoms with van der Waals surface area (Å²) in [4.78, 5) is 0. The zero-order chi connectivity index (χ0) is 7.84. The summed E-state index contributed by atoms with van der Waals surface area (Å²) in [6, 6.07) is 0. The van der Waals surface area contributed by atoms with Crippen LogP contribution < -0.4 is 0 Å². The summed E-state index contributed by atoms with van der Waals surface area (Å²) in [5, 5.41) is 0. The van der Waals surface area contributed by atoms with Gasteiger partial charge in [-0.05, 0) is 6.42 Å². The van der Waals surface area contributed by atoms with Crippen molar-refractivity contribution in [2.24, 2.45) is 11.8 Å². The highest BCUT2D eigenvalue weighted by atomic mass is 14.4. The Hall–Kier alpha value is -0.260. The number of hydrogen-bond acceptors (Lipinski definition) is 0. The second-order valence-electron chi connectivity index (χ2n) is 4.70. The largest absolute Gasteiger partial charge is 0.0966 e. The molecule has 0 heterocycles. The van der Waals surface area contributed by atoms with E-state index in [2.05, 4.69) is 13.8 Å². The fraction of sp³-hybridized carbons (Fsp3) is 0.818. The zero-order valence-corrected chi connectivity index (χ0v) is 7.69. The van der Waals surface area contributed by atoms with Gasteiger partial charge in [0.05, 0.1) is 51.4 Å². The summed E-state index contributed by atoms with van der Waals surface area (Å²) in [5.41, 5.74) is 0. The Bertz CT molecular complexity index is 105. The van der Waals surface area contributed by atoms with Crippen molar-refractivity contribution in [3.05, 3.63) is 11.8 Å². The van der Waals surface area contributed by atoms with E-state index in [1.54, 1.807) is 11.8 Å². The summed E-state index contributed by atoms with van der Waals surface area (Å²) in [6.07, 6.45) is 7.22. The van der Waals surface area contributed by atoms with Gasteiger partial charge < -0.3 is 0 Å². The third kappa shape index (κ3) is 1.50. The van der Waals surface area contributed by atoms with Crippen molar-refractivity contribution >= 4 is 0 Å². The molecule has 60 valence electrons. The minimum Gasteiger partial charge on any atom is -0.0312 e. The predicted octanol–water partition coefficient (Wildman–Crippen LogP) is 3.39. The van der Waals surface area contributed by atoms with Crippen LogP contribution in [0.5, 0.6) is 0 Å². The van der Waals surface area contributed by atoms with Crippen molar-refractivity contribution in [3.63, 3.8) is 0 Å². The predicted molar refractivity (Wildman–Crippen MR) is 47.9 cm³/mol. The first-order valence-corrected chi connectivity index (χ1v) is 4.86. The lowest BCUT2D eigenvalue weighted by molar-refractivity contribution is 0.226. The van der Waals surface area contributed by atoms with Crippen LogP contribution in [0, 0.1) is 23.7 Å². The molecule has 2 aliphatic carbocycles. The van der Waals surface area contributed by atoms with E-state index in [9.17, 15) is 0 Å². The lowest BCUT2D eigenvalue weighted by Gasteiger charge is -2.30. The molecule has 0 N–H and O–H groups in total. The Kier molecular flexibility index (Phi) is 1.78. The highest BCUT2D eigenvalue weighted by molar-refractivity contribution is 5.04. The van der Waals surface area contributed by atoms with Crippen LogP contribution in [0.3, 0.4) is 0 Å². The summed E-state index contributed by atoms with van der Waals surface area (Å²) in [6.45, 7) is 4.69. The van der Waals surface area contributed by atoms with Gasteiger partial charge in [0, 0.05) is 11.8 Å². The maximum absolute atomic E-state index is 2.35. The third-order valence-electron chi connectivity index (χ3n) is 3.22. The SMILES string of the molecule is C[C+]1CC2C[C+](C)CC(C1)C2. The minimum atomic E-state index is 1.03. The second-order valence-corrected chi connectivity index (χ2v) is 4.70. The van der Waals surface area contributed by atoms with E-state index in [1.165, 1.54) is 32.1 Å². The Morgan fingerprint density at radius 2 is 1.18 bits per heavy atom. The van der Waals surface area contributed by atoms with E-state index < -0.39 is 0 Å². The van der Waals surface area contributed by atoms with E-state index in [-0.39, 0.29) is 0 Å². The molecule has 0 spiro atoms. The van der Waals surface area contributed by atoms with Crippen LogP contribution in [-0.2, 0) is 0 Å². The average Bonchev–Trinajstić information content (AvgIpc) is 1.82. The molecule has 0 heteroatoms. The fourth-order valence-corrected chi connectivity index (χ4v) is 3.09. The van der Waals surface area contributed by atoms with Gasteiger partial charge in [-0.25, -0.2) is 0 Å². The quantitative estimate of drug-likeness (QED) is 0.464. The molecule has 2 bridgehead atoms. The highest BCUT2D eigenvalue weighted by Gasteiger charge is 2.43. The van der Waals surface area contributed by atoms with E-state index in [1.807, 2.05) is 0 Å². The van der Waals surface area contributed by atoms with Crippen LogP contribution >= 0.6 is 0 Å². The molecule has 0 amide bonds. The molecule has 0 saturated heterocycles. The van der Waals surface area contributed by atoms with Crippen LogP contribution in [0.15, 0.2) is 0 Å². The van der Waals surface area contributed by atoms with Gasteiger partial charge in [0.1, 0.15) is 0 Å². The highest BCUT2D eigenvalue weighted by Crippen LogP contribution is 2.45. The van der Waals surface area contributed by atoms with Gasteiger partial charge in [-0.15, -0.1) is 0 Å². The molecule has 0 atom stereocenters. The average molecular weight is 150 g/mol. The van der Waals surface area contributed by atoms with Crippen molar-refractivity contribution < 1.29 is 0 Å². The van der Waals surface area contributed by atoms with Gasteiger partial charge in [0.15, 0.2) is 0 Å². The molecule has 2 fully saturated rings. The first kappa shape index (κ1) is 7.39. The number of fused-ring (bicyclic) bond motifs is 2. The molecule has 0 aromatic heterocycles. The Balaban J connectivity index is 2.00. The standard InChI is InChI=1S/C11H18/c1-8-3-10-5-9(2)6-11(4-8)7-10/h10-11H,3-7H2,1-2H3/q+2. The van der Waals surface area contributed by atoms with E-state index in [0.717, 1.165) is 11.8 Å². The van der Waals surface area contributed by atoms with Crippen LogP contribution in [-0.4, -0.2) is 0 Å². The monoisotopic (exact) mass is 150 g/mol. The van der Waals surface area contributed by atoms with Crippen molar-refractivity contribution in [2.75, 3.05) is 0 Å². The lowest BCUT2D eigenvalue weighted by Crippen LogP contribution is -2.27. The van der Waals surface area contributed by atoms with Crippen molar-refractivity contribution in [3.8, 4) is 0 Å². The maximum atomic E-state index is 2.35. The van der Waals surface area contributed by atoms with Gasteiger partial charge in [-0.2, -0.15) is 0 Å². The molecule has 2 saturated carbocycles. The van der Waals surface area contributed by atoms with Gasteiger partial charge in [-0.1, -0.05) is 0 Å². The van der Waals surface area contributed by atoms with Crippen LogP contribution in [0.4, 0.5) is 0 Å². The van der Waals surface area contributed by atoms with Gasteiger partial charge in [0.2, 0.25) is 0 Å². The Labute approximate surface area is 70.4 Å². The molecule has 0 nitrogen and oxygen atoms in total. The van der Waals surface area contributed by atoms with E-state index >= 15 is 0 Å².